The quantitative estimate of drug-likeness (QED) is 0.902. The number of thiazole rings is 1. The minimum absolute atomic E-state index is 0.169. The van der Waals surface area contributed by atoms with Crippen LogP contribution < -0.4 is 4.72 Å². The Bertz CT molecular complexity index is 524. The highest BCUT2D eigenvalue weighted by molar-refractivity contribution is 7.91. The van der Waals surface area contributed by atoms with Gasteiger partial charge in [0.25, 0.3) is 10.0 Å². The second kappa shape index (κ2) is 6.49. The number of nitrogens with one attached hydrogen (secondary N) is 1. The molecule has 1 aromatic rings. The number of nitrogens with zero attached hydrogens (tertiary/aromatic N) is 1. The summed E-state index contributed by atoms with van der Waals surface area (Å²) in [4.78, 5) is 3.92. The van der Waals surface area contributed by atoms with Crippen LogP contribution in [0.25, 0.3) is 0 Å². The van der Waals surface area contributed by atoms with Crippen LogP contribution in [0.3, 0.4) is 0 Å². The topological polar surface area (TPSA) is 68.3 Å². The van der Waals surface area contributed by atoms with Crippen LogP contribution in [0.15, 0.2) is 4.21 Å². The van der Waals surface area contributed by atoms with Crippen molar-refractivity contribution < 1.29 is 13.2 Å². The average molecular weight is 325 g/mol. The molecule has 1 fully saturated rings. The van der Waals surface area contributed by atoms with E-state index in [2.05, 4.69) is 9.71 Å². The Kier molecular flexibility index (Phi) is 5.19. The third-order valence-electron chi connectivity index (χ3n) is 3.00. The predicted octanol–water partition coefficient (Wildman–Crippen LogP) is 2.34. The summed E-state index contributed by atoms with van der Waals surface area (Å²) in [6.45, 7) is 2.80. The third kappa shape index (κ3) is 4.13. The molecule has 1 aromatic heterocycles. The number of aryl methyl sites for hydroxylation is 1. The molecule has 1 saturated heterocycles. The van der Waals surface area contributed by atoms with E-state index in [9.17, 15) is 8.42 Å². The van der Waals surface area contributed by atoms with Gasteiger partial charge in [-0.3, -0.25) is 0 Å². The molecule has 1 aliphatic heterocycles. The van der Waals surface area contributed by atoms with E-state index in [1.165, 1.54) is 0 Å². The smallest absolute Gasteiger partial charge is 0.251 e. The van der Waals surface area contributed by atoms with Crippen molar-refractivity contribution >= 4 is 33.0 Å². The van der Waals surface area contributed by atoms with Gasteiger partial charge in [0, 0.05) is 13.2 Å². The summed E-state index contributed by atoms with van der Waals surface area (Å²) in [6, 6.07) is 0. The molecule has 19 heavy (non-hydrogen) atoms. The SMILES string of the molecule is Cc1nc(Cl)sc1S(=O)(=O)NCCC1CCCCO1. The number of rotatable bonds is 5. The van der Waals surface area contributed by atoms with Gasteiger partial charge >= 0.3 is 0 Å². The zero-order valence-electron chi connectivity index (χ0n) is 10.7. The van der Waals surface area contributed by atoms with Crippen molar-refractivity contribution in [3.63, 3.8) is 0 Å². The Hall–Kier alpha value is -0.210. The van der Waals surface area contributed by atoms with Crippen LogP contribution >= 0.6 is 22.9 Å². The summed E-state index contributed by atoms with van der Waals surface area (Å²) in [5.41, 5.74) is 0.441. The fourth-order valence-corrected chi connectivity index (χ4v) is 4.88. The van der Waals surface area contributed by atoms with Gasteiger partial charge in [0.15, 0.2) is 8.68 Å². The molecule has 0 aromatic carbocycles. The molecule has 0 aliphatic carbocycles. The minimum atomic E-state index is -3.50. The van der Waals surface area contributed by atoms with Crippen molar-refractivity contribution in [2.45, 2.75) is 42.9 Å². The van der Waals surface area contributed by atoms with Gasteiger partial charge < -0.3 is 4.74 Å². The number of ether oxygens (including phenoxy) is 1. The number of hydrogen-bond acceptors (Lipinski definition) is 5. The van der Waals surface area contributed by atoms with Crippen LogP contribution in [-0.4, -0.2) is 32.7 Å². The maximum atomic E-state index is 12.1. The summed E-state index contributed by atoms with van der Waals surface area (Å²) < 4.78 is 32.7. The molecule has 1 atom stereocenters. The van der Waals surface area contributed by atoms with E-state index in [0.717, 1.165) is 37.2 Å². The van der Waals surface area contributed by atoms with Crippen LogP contribution in [-0.2, 0) is 14.8 Å². The van der Waals surface area contributed by atoms with E-state index in [-0.39, 0.29) is 14.8 Å². The van der Waals surface area contributed by atoms with Crippen LogP contribution in [0.4, 0.5) is 0 Å². The van der Waals surface area contributed by atoms with Crippen LogP contribution in [0.1, 0.15) is 31.4 Å². The Balaban J connectivity index is 1.89. The molecular weight excluding hydrogens is 308 g/mol. The number of halogens is 1. The Morgan fingerprint density at radius 1 is 1.53 bits per heavy atom. The first-order valence-corrected chi connectivity index (χ1v) is 8.91. The lowest BCUT2D eigenvalue weighted by Crippen LogP contribution is -2.29. The van der Waals surface area contributed by atoms with Crippen molar-refractivity contribution in [3.8, 4) is 0 Å². The lowest BCUT2D eigenvalue weighted by Gasteiger charge is -2.22. The Morgan fingerprint density at radius 2 is 2.32 bits per heavy atom. The van der Waals surface area contributed by atoms with Crippen molar-refractivity contribution in [2.75, 3.05) is 13.2 Å². The molecule has 108 valence electrons. The highest BCUT2D eigenvalue weighted by Crippen LogP contribution is 2.26. The normalized spacial score (nSPS) is 20.6. The van der Waals surface area contributed by atoms with E-state index in [4.69, 9.17) is 16.3 Å². The maximum absolute atomic E-state index is 12.1. The van der Waals surface area contributed by atoms with Gasteiger partial charge in [-0.05, 0) is 32.6 Å². The van der Waals surface area contributed by atoms with Crippen molar-refractivity contribution in [1.82, 2.24) is 9.71 Å². The number of sulfonamides is 1. The molecule has 1 aliphatic rings. The molecule has 0 saturated carbocycles. The van der Waals surface area contributed by atoms with Gasteiger partial charge in [0.2, 0.25) is 0 Å². The standard InChI is InChI=1S/C11H17ClN2O3S2/c1-8-10(18-11(12)14-8)19(15,16)13-6-5-9-4-2-3-7-17-9/h9,13H,2-7H2,1H3. The van der Waals surface area contributed by atoms with Crippen LogP contribution in [0.5, 0.6) is 0 Å². The van der Waals surface area contributed by atoms with Gasteiger partial charge in [0.1, 0.15) is 0 Å². The molecule has 0 spiro atoms. The lowest BCUT2D eigenvalue weighted by molar-refractivity contribution is 0.0123. The fourth-order valence-electron chi connectivity index (χ4n) is 2.05. The van der Waals surface area contributed by atoms with Crippen LogP contribution in [0.2, 0.25) is 4.47 Å². The largest absolute Gasteiger partial charge is 0.378 e. The predicted molar refractivity (Wildman–Crippen MR) is 75.3 cm³/mol. The van der Waals surface area contributed by atoms with Crippen molar-refractivity contribution in [3.05, 3.63) is 10.2 Å². The second-order valence-corrected chi connectivity index (χ2v) is 8.06. The van der Waals surface area contributed by atoms with E-state index in [0.29, 0.717) is 18.7 Å². The Morgan fingerprint density at radius 3 is 2.89 bits per heavy atom. The number of aromatic nitrogens is 1. The molecule has 8 heteroatoms. The van der Waals surface area contributed by atoms with Gasteiger partial charge in [-0.1, -0.05) is 22.9 Å². The molecular formula is C11H17ClN2O3S2. The van der Waals surface area contributed by atoms with E-state index < -0.39 is 10.0 Å². The van der Waals surface area contributed by atoms with Gasteiger partial charge in [-0.2, -0.15) is 0 Å². The summed E-state index contributed by atoms with van der Waals surface area (Å²) >= 11 is 6.70. The zero-order valence-corrected chi connectivity index (χ0v) is 13.1. The molecule has 1 N–H and O–H groups in total. The molecule has 2 heterocycles. The fraction of sp³-hybridized carbons (Fsp3) is 0.727. The Labute approximate surface area is 122 Å². The second-order valence-electron chi connectivity index (χ2n) is 4.51. The average Bonchev–Trinajstić information content (AvgIpc) is 2.70. The monoisotopic (exact) mass is 324 g/mol. The molecule has 2 rings (SSSR count). The zero-order chi connectivity index (χ0) is 13.9. The van der Waals surface area contributed by atoms with Gasteiger partial charge in [-0.15, -0.1) is 0 Å². The summed E-state index contributed by atoms with van der Waals surface area (Å²) in [6.07, 6.45) is 4.13. The number of hydrogen-bond donors (Lipinski definition) is 1. The van der Waals surface area contributed by atoms with Crippen LogP contribution in [0, 0.1) is 6.92 Å². The summed E-state index contributed by atoms with van der Waals surface area (Å²) in [5.74, 6) is 0. The minimum Gasteiger partial charge on any atom is -0.378 e. The maximum Gasteiger partial charge on any atom is 0.251 e. The molecule has 5 nitrogen and oxygen atoms in total. The first-order valence-electron chi connectivity index (χ1n) is 6.23. The van der Waals surface area contributed by atoms with Gasteiger partial charge in [0.05, 0.1) is 11.8 Å². The molecule has 0 radical (unpaired) electrons. The van der Waals surface area contributed by atoms with Crippen molar-refractivity contribution in [2.24, 2.45) is 0 Å². The summed E-state index contributed by atoms with van der Waals surface area (Å²) in [7, 11) is -3.50. The van der Waals surface area contributed by atoms with E-state index in [1.807, 2.05) is 0 Å². The third-order valence-corrected chi connectivity index (χ3v) is 6.34. The first-order chi connectivity index (χ1) is 8.99. The lowest BCUT2D eigenvalue weighted by atomic mass is 10.1. The van der Waals surface area contributed by atoms with E-state index >= 15 is 0 Å². The molecule has 1 unspecified atom stereocenters. The van der Waals surface area contributed by atoms with Crippen molar-refractivity contribution in [1.29, 1.82) is 0 Å². The summed E-state index contributed by atoms with van der Waals surface area (Å²) in [5, 5.41) is 0. The highest BCUT2D eigenvalue weighted by atomic mass is 35.5. The molecule has 0 bridgehead atoms. The molecule has 0 amide bonds. The first kappa shape index (κ1) is 15.2. The van der Waals surface area contributed by atoms with Gasteiger partial charge in [-0.25, -0.2) is 18.1 Å². The highest BCUT2D eigenvalue weighted by Gasteiger charge is 2.22. The van der Waals surface area contributed by atoms with E-state index in [1.54, 1.807) is 6.92 Å².